The molecule has 0 aliphatic heterocycles. The van der Waals surface area contributed by atoms with Crippen LogP contribution in [0.25, 0.3) is 0 Å². The van der Waals surface area contributed by atoms with Gasteiger partial charge in [-0.25, -0.2) is 0 Å². The van der Waals surface area contributed by atoms with E-state index >= 15 is 0 Å². The van der Waals surface area contributed by atoms with Gasteiger partial charge in [-0.05, 0) is 43.7 Å². The Balaban J connectivity index is 2.41. The minimum atomic E-state index is 0.357. The highest BCUT2D eigenvalue weighted by atomic mass is 15.1. The van der Waals surface area contributed by atoms with E-state index < -0.39 is 0 Å². The molecule has 17 heavy (non-hydrogen) atoms. The maximum absolute atomic E-state index is 3.81. The lowest BCUT2D eigenvalue weighted by molar-refractivity contribution is 0.219. The molecule has 2 unspecified atom stereocenters. The fraction of sp³-hybridized carbons (Fsp3) is 1.00. The molecule has 0 aromatic rings. The van der Waals surface area contributed by atoms with Gasteiger partial charge in [0.05, 0.1) is 0 Å². The van der Waals surface area contributed by atoms with Gasteiger partial charge in [0.2, 0.25) is 0 Å². The molecule has 2 atom stereocenters. The van der Waals surface area contributed by atoms with Gasteiger partial charge in [-0.3, -0.25) is 0 Å². The topological polar surface area (TPSA) is 15.3 Å². The van der Waals surface area contributed by atoms with Crippen molar-refractivity contribution in [1.82, 2.24) is 10.2 Å². The molecule has 0 amide bonds. The zero-order valence-electron chi connectivity index (χ0n) is 12.9. The summed E-state index contributed by atoms with van der Waals surface area (Å²) >= 11 is 0. The molecule has 0 bridgehead atoms. The second kappa shape index (κ2) is 5.27. The van der Waals surface area contributed by atoms with Crippen LogP contribution in [0.15, 0.2) is 0 Å². The van der Waals surface area contributed by atoms with Crippen molar-refractivity contribution < 1.29 is 0 Å². The zero-order valence-corrected chi connectivity index (χ0v) is 12.9. The van der Waals surface area contributed by atoms with E-state index in [2.05, 4.69) is 58.9 Å². The van der Waals surface area contributed by atoms with E-state index in [9.17, 15) is 0 Å². The maximum Gasteiger partial charge on any atom is 0.00982 e. The summed E-state index contributed by atoms with van der Waals surface area (Å²) in [5, 5.41) is 3.81. The first-order valence-electron chi connectivity index (χ1n) is 6.99. The van der Waals surface area contributed by atoms with E-state index in [1.54, 1.807) is 0 Å². The van der Waals surface area contributed by atoms with Gasteiger partial charge in [0.15, 0.2) is 0 Å². The average Bonchev–Trinajstić information content (AvgIpc) is 2.34. The van der Waals surface area contributed by atoms with Crippen LogP contribution in [0.3, 0.4) is 0 Å². The first-order chi connectivity index (χ1) is 7.61. The van der Waals surface area contributed by atoms with Gasteiger partial charge in [0.1, 0.15) is 0 Å². The smallest absolute Gasteiger partial charge is 0.00982 e. The molecule has 1 aliphatic carbocycles. The summed E-state index contributed by atoms with van der Waals surface area (Å²) < 4.78 is 0. The Labute approximate surface area is 108 Å². The quantitative estimate of drug-likeness (QED) is 0.795. The van der Waals surface area contributed by atoms with E-state index in [4.69, 9.17) is 0 Å². The Bertz CT molecular complexity index is 243. The minimum absolute atomic E-state index is 0.357. The van der Waals surface area contributed by atoms with Gasteiger partial charge in [0, 0.05) is 19.1 Å². The molecule has 1 saturated carbocycles. The van der Waals surface area contributed by atoms with Crippen LogP contribution in [0.4, 0.5) is 0 Å². The molecule has 1 aliphatic rings. The van der Waals surface area contributed by atoms with Crippen LogP contribution < -0.4 is 5.32 Å². The van der Waals surface area contributed by atoms with Crippen LogP contribution in [0.2, 0.25) is 0 Å². The number of nitrogens with one attached hydrogen (secondary N) is 1. The fourth-order valence-electron chi connectivity index (χ4n) is 3.49. The minimum Gasteiger partial charge on any atom is -0.313 e. The molecule has 0 aromatic carbocycles. The first kappa shape index (κ1) is 15.0. The summed E-state index contributed by atoms with van der Waals surface area (Å²) in [6, 6.07) is 0.714. The van der Waals surface area contributed by atoms with E-state index in [0.29, 0.717) is 16.9 Å². The molecular formula is C15H32N2. The Morgan fingerprint density at radius 2 is 1.82 bits per heavy atom. The third-order valence-corrected chi connectivity index (χ3v) is 3.92. The van der Waals surface area contributed by atoms with Crippen molar-refractivity contribution in [3.8, 4) is 0 Å². The number of hydrogen-bond donors (Lipinski definition) is 1. The molecule has 2 heteroatoms. The molecule has 0 radical (unpaired) electrons. The van der Waals surface area contributed by atoms with Crippen LogP contribution in [-0.4, -0.2) is 38.1 Å². The lowest BCUT2D eigenvalue weighted by Crippen LogP contribution is -2.42. The number of nitrogens with zero attached hydrogens (tertiary/aromatic N) is 1. The van der Waals surface area contributed by atoms with Crippen molar-refractivity contribution in [2.75, 3.05) is 27.2 Å². The standard InChI is InChI=1S/C15H32N2/c1-12-8-14(2,3)9-13(12)16-10-15(4,5)11-17(6)7/h12-13,16H,8-11H2,1-7H3. The second-order valence-corrected chi connectivity index (χ2v) is 7.94. The molecule has 2 nitrogen and oxygen atoms in total. The summed E-state index contributed by atoms with van der Waals surface area (Å²) in [6.45, 7) is 14.2. The average molecular weight is 240 g/mol. The highest BCUT2D eigenvalue weighted by Crippen LogP contribution is 2.41. The lowest BCUT2D eigenvalue weighted by Gasteiger charge is -2.31. The predicted molar refractivity (Wildman–Crippen MR) is 76.3 cm³/mol. The van der Waals surface area contributed by atoms with Crippen molar-refractivity contribution in [2.45, 2.75) is 53.5 Å². The summed E-state index contributed by atoms with van der Waals surface area (Å²) in [6.07, 6.45) is 2.69. The third-order valence-electron chi connectivity index (χ3n) is 3.92. The Morgan fingerprint density at radius 3 is 2.24 bits per heavy atom. The molecule has 0 heterocycles. The molecule has 0 saturated heterocycles. The summed E-state index contributed by atoms with van der Waals surface area (Å²) in [5.74, 6) is 0.820. The molecule has 1 fully saturated rings. The Hall–Kier alpha value is -0.0800. The van der Waals surface area contributed by atoms with Crippen molar-refractivity contribution >= 4 is 0 Å². The van der Waals surface area contributed by atoms with Gasteiger partial charge in [-0.15, -0.1) is 0 Å². The monoisotopic (exact) mass is 240 g/mol. The third kappa shape index (κ3) is 4.97. The zero-order chi connectivity index (χ0) is 13.3. The second-order valence-electron chi connectivity index (χ2n) is 7.94. The fourth-order valence-corrected chi connectivity index (χ4v) is 3.49. The van der Waals surface area contributed by atoms with Crippen LogP contribution >= 0.6 is 0 Å². The van der Waals surface area contributed by atoms with E-state index in [1.807, 2.05) is 0 Å². The summed E-state index contributed by atoms with van der Waals surface area (Å²) in [5.41, 5.74) is 0.888. The maximum atomic E-state index is 3.81. The summed E-state index contributed by atoms with van der Waals surface area (Å²) in [7, 11) is 4.31. The van der Waals surface area contributed by atoms with Crippen LogP contribution in [0, 0.1) is 16.7 Å². The normalized spacial score (nSPS) is 28.9. The van der Waals surface area contributed by atoms with E-state index in [0.717, 1.165) is 19.0 Å². The molecule has 1 N–H and O–H groups in total. The van der Waals surface area contributed by atoms with Gasteiger partial charge < -0.3 is 10.2 Å². The molecule has 102 valence electrons. The Kier molecular flexibility index (Phi) is 4.65. The Morgan fingerprint density at radius 1 is 1.24 bits per heavy atom. The van der Waals surface area contributed by atoms with E-state index in [-0.39, 0.29) is 0 Å². The molecule has 0 aromatic heterocycles. The molecule has 1 rings (SSSR count). The lowest BCUT2D eigenvalue weighted by atomic mass is 9.90. The largest absolute Gasteiger partial charge is 0.313 e. The highest BCUT2D eigenvalue weighted by Gasteiger charge is 2.36. The highest BCUT2D eigenvalue weighted by molar-refractivity contribution is 4.92. The number of rotatable bonds is 5. The number of hydrogen-bond acceptors (Lipinski definition) is 2. The van der Waals surface area contributed by atoms with Crippen LogP contribution in [0.1, 0.15) is 47.5 Å². The molecular weight excluding hydrogens is 208 g/mol. The van der Waals surface area contributed by atoms with Gasteiger partial charge in [-0.2, -0.15) is 0 Å². The van der Waals surface area contributed by atoms with Gasteiger partial charge in [0.25, 0.3) is 0 Å². The van der Waals surface area contributed by atoms with Crippen molar-refractivity contribution in [2.24, 2.45) is 16.7 Å². The van der Waals surface area contributed by atoms with Crippen molar-refractivity contribution in [3.05, 3.63) is 0 Å². The van der Waals surface area contributed by atoms with Crippen molar-refractivity contribution in [3.63, 3.8) is 0 Å². The SMILES string of the molecule is CC1CC(C)(C)CC1NCC(C)(C)CN(C)C. The van der Waals surface area contributed by atoms with Crippen LogP contribution in [0.5, 0.6) is 0 Å². The molecule has 0 spiro atoms. The van der Waals surface area contributed by atoms with Gasteiger partial charge in [-0.1, -0.05) is 34.6 Å². The summed E-state index contributed by atoms with van der Waals surface area (Å²) in [4.78, 5) is 2.28. The van der Waals surface area contributed by atoms with Crippen molar-refractivity contribution in [1.29, 1.82) is 0 Å². The van der Waals surface area contributed by atoms with Crippen LogP contribution in [-0.2, 0) is 0 Å². The van der Waals surface area contributed by atoms with E-state index in [1.165, 1.54) is 12.8 Å². The van der Waals surface area contributed by atoms with Gasteiger partial charge >= 0.3 is 0 Å². The predicted octanol–water partition coefficient (Wildman–Crippen LogP) is 2.99. The first-order valence-corrected chi connectivity index (χ1v) is 6.99.